The van der Waals surface area contributed by atoms with Crippen LogP contribution in [0.4, 0.5) is 14.5 Å². The molecule has 1 heterocycles. The Balaban J connectivity index is 2.08. The van der Waals surface area contributed by atoms with Crippen molar-refractivity contribution in [3.8, 4) is 0 Å². The molecule has 0 atom stereocenters. The maximum absolute atomic E-state index is 13.4. The van der Waals surface area contributed by atoms with E-state index >= 15 is 0 Å². The zero-order chi connectivity index (χ0) is 16.3. The van der Waals surface area contributed by atoms with Gasteiger partial charge in [-0.3, -0.25) is 9.59 Å². The molecule has 1 aromatic heterocycles. The highest BCUT2D eigenvalue weighted by Gasteiger charge is 2.13. The summed E-state index contributed by atoms with van der Waals surface area (Å²) in [7, 11) is 0. The minimum absolute atomic E-state index is 0.0530. The van der Waals surface area contributed by atoms with E-state index in [0.29, 0.717) is 11.4 Å². The average Bonchev–Trinajstić information content (AvgIpc) is 2.91. The van der Waals surface area contributed by atoms with Crippen LogP contribution in [0.15, 0.2) is 24.3 Å². The number of anilines is 1. The van der Waals surface area contributed by atoms with E-state index in [-0.39, 0.29) is 15.2 Å². The number of thiophene rings is 1. The maximum atomic E-state index is 13.4. The van der Waals surface area contributed by atoms with Crippen LogP contribution < -0.4 is 10.6 Å². The lowest BCUT2D eigenvalue weighted by atomic mass is 10.3. The van der Waals surface area contributed by atoms with E-state index in [1.54, 1.807) is 34.7 Å². The lowest BCUT2D eigenvalue weighted by Gasteiger charge is -2.05. The molecule has 2 N–H and O–H groups in total. The SMILES string of the molecule is CC(=O)NCc1ccc(C(=O)Nc2cc(F)c(I)c(F)c2)s1. The van der Waals surface area contributed by atoms with Crippen molar-refractivity contribution in [3.05, 3.63) is 49.2 Å². The first-order valence-corrected chi connectivity index (χ1v) is 8.05. The highest BCUT2D eigenvalue weighted by Crippen LogP contribution is 2.22. The fraction of sp³-hybridized carbons (Fsp3) is 0.143. The standard InChI is InChI=1S/C14H11F2IN2O2S/c1-7(20)18-6-9-2-3-12(22-9)14(21)19-8-4-10(15)13(17)11(16)5-8/h2-5H,6H2,1H3,(H,18,20)(H,19,21). The van der Waals surface area contributed by atoms with Crippen LogP contribution in [0, 0.1) is 15.2 Å². The molecule has 8 heteroatoms. The molecule has 0 fully saturated rings. The molecule has 2 amide bonds. The summed E-state index contributed by atoms with van der Waals surface area (Å²) in [4.78, 5) is 24.1. The van der Waals surface area contributed by atoms with Gasteiger partial charge in [0.25, 0.3) is 5.91 Å². The van der Waals surface area contributed by atoms with Crippen molar-refractivity contribution in [1.29, 1.82) is 0 Å². The summed E-state index contributed by atoms with van der Waals surface area (Å²) < 4.78 is 26.8. The normalized spacial score (nSPS) is 10.4. The van der Waals surface area contributed by atoms with Crippen molar-refractivity contribution in [3.63, 3.8) is 0 Å². The highest BCUT2D eigenvalue weighted by atomic mass is 127. The molecule has 0 aliphatic heterocycles. The van der Waals surface area contributed by atoms with Crippen molar-refractivity contribution in [2.45, 2.75) is 13.5 Å². The van der Waals surface area contributed by atoms with E-state index in [4.69, 9.17) is 0 Å². The lowest BCUT2D eigenvalue weighted by Crippen LogP contribution is -2.18. The van der Waals surface area contributed by atoms with Gasteiger partial charge in [0.1, 0.15) is 11.6 Å². The van der Waals surface area contributed by atoms with Crippen LogP contribution in [-0.2, 0) is 11.3 Å². The average molecular weight is 436 g/mol. The van der Waals surface area contributed by atoms with Crippen molar-refractivity contribution in [2.75, 3.05) is 5.32 Å². The zero-order valence-electron chi connectivity index (χ0n) is 11.4. The Kier molecular flexibility index (Phi) is 5.46. The van der Waals surface area contributed by atoms with Crippen molar-refractivity contribution >= 4 is 51.4 Å². The number of amides is 2. The summed E-state index contributed by atoms with van der Waals surface area (Å²) in [6.07, 6.45) is 0. The number of hydrogen-bond donors (Lipinski definition) is 2. The van der Waals surface area contributed by atoms with Crippen LogP contribution in [0.3, 0.4) is 0 Å². The first-order chi connectivity index (χ1) is 10.4. The van der Waals surface area contributed by atoms with Crippen molar-refractivity contribution < 1.29 is 18.4 Å². The molecule has 0 unspecified atom stereocenters. The molecule has 1 aromatic carbocycles. The first-order valence-electron chi connectivity index (χ1n) is 6.16. The third-order valence-electron chi connectivity index (χ3n) is 2.64. The Morgan fingerprint density at radius 3 is 2.45 bits per heavy atom. The quantitative estimate of drug-likeness (QED) is 0.570. The summed E-state index contributed by atoms with van der Waals surface area (Å²) in [5.41, 5.74) is 0.0530. The third kappa shape index (κ3) is 4.23. The van der Waals surface area contributed by atoms with Crippen LogP contribution in [-0.4, -0.2) is 11.8 Å². The summed E-state index contributed by atoms with van der Waals surface area (Å²) in [6, 6.07) is 5.43. The number of carbonyl (C=O) groups is 2. The molecule has 0 spiro atoms. The Hall–Kier alpha value is -1.55. The smallest absolute Gasteiger partial charge is 0.265 e. The maximum Gasteiger partial charge on any atom is 0.265 e. The first kappa shape index (κ1) is 16.8. The van der Waals surface area contributed by atoms with Gasteiger partial charge in [0.05, 0.1) is 15.0 Å². The molecule has 2 rings (SSSR count). The number of carbonyl (C=O) groups excluding carboxylic acids is 2. The van der Waals surface area contributed by atoms with Gasteiger partial charge in [-0.05, 0) is 46.9 Å². The summed E-state index contributed by atoms with van der Waals surface area (Å²) in [5.74, 6) is -2.08. The van der Waals surface area contributed by atoms with Gasteiger partial charge >= 0.3 is 0 Å². The van der Waals surface area contributed by atoms with Crippen LogP contribution >= 0.6 is 33.9 Å². The van der Waals surface area contributed by atoms with Gasteiger partial charge in [-0.25, -0.2) is 8.78 Å². The number of hydrogen-bond acceptors (Lipinski definition) is 3. The molecule has 0 saturated carbocycles. The second-order valence-electron chi connectivity index (χ2n) is 4.38. The molecule has 0 radical (unpaired) electrons. The largest absolute Gasteiger partial charge is 0.351 e. The summed E-state index contributed by atoms with van der Waals surface area (Å²) >= 11 is 2.75. The Bertz CT molecular complexity index is 710. The minimum atomic E-state index is -0.728. The predicted octanol–water partition coefficient (Wildman–Crippen LogP) is 3.52. The summed E-state index contributed by atoms with van der Waals surface area (Å²) in [5, 5.41) is 5.07. The molecule has 0 saturated heterocycles. The number of benzene rings is 1. The van der Waals surface area contributed by atoms with Gasteiger partial charge in [0, 0.05) is 17.5 Å². The Morgan fingerprint density at radius 2 is 1.86 bits per heavy atom. The van der Waals surface area contributed by atoms with Gasteiger partial charge in [-0.2, -0.15) is 0 Å². The van der Waals surface area contributed by atoms with Crippen LogP contribution in [0.25, 0.3) is 0 Å². The molecular formula is C14H11F2IN2O2S. The van der Waals surface area contributed by atoms with Gasteiger partial charge in [-0.1, -0.05) is 0 Å². The van der Waals surface area contributed by atoms with E-state index < -0.39 is 17.5 Å². The van der Waals surface area contributed by atoms with E-state index in [1.807, 2.05) is 0 Å². The molecule has 0 aliphatic rings. The third-order valence-corrected chi connectivity index (χ3v) is 4.75. The summed E-state index contributed by atoms with van der Waals surface area (Å²) in [6.45, 7) is 1.74. The molecule has 22 heavy (non-hydrogen) atoms. The fourth-order valence-corrected chi connectivity index (χ4v) is 2.78. The topological polar surface area (TPSA) is 58.2 Å². The number of halogens is 3. The Labute approximate surface area is 143 Å². The van der Waals surface area contributed by atoms with Crippen LogP contribution in [0.2, 0.25) is 0 Å². The van der Waals surface area contributed by atoms with Crippen LogP contribution in [0.5, 0.6) is 0 Å². The molecular weight excluding hydrogens is 425 g/mol. The fourth-order valence-electron chi connectivity index (χ4n) is 1.63. The highest BCUT2D eigenvalue weighted by molar-refractivity contribution is 14.1. The molecule has 116 valence electrons. The minimum Gasteiger partial charge on any atom is -0.351 e. The molecule has 4 nitrogen and oxygen atoms in total. The van der Waals surface area contributed by atoms with E-state index in [1.165, 1.54) is 18.3 Å². The predicted molar refractivity (Wildman–Crippen MR) is 88.9 cm³/mol. The second-order valence-corrected chi connectivity index (χ2v) is 6.63. The van der Waals surface area contributed by atoms with E-state index in [9.17, 15) is 18.4 Å². The van der Waals surface area contributed by atoms with Crippen LogP contribution in [0.1, 0.15) is 21.5 Å². The molecule has 2 aromatic rings. The van der Waals surface area contributed by atoms with E-state index in [2.05, 4.69) is 10.6 Å². The lowest BCUT2D eigenvalue weighted by molar-refractivity contribution is -0.119. The van der Waals surface area contributed by atoms with Gasteiger partial charge in [0.15, 0.2) is 0 Å². The van der Waals surface area contributed by atoms with Crippen molar-refractivity contribution in [2.24, 2.45) is 0 Å². The van der Waals surface area contributed by atoms with Crippen molar-refractivity contribution in [1.82, 2.24) is 5.32 Å². The second kappa shape index (κ2) is 7.14. The Morgan fingerprint density at radius 1 is 1.23 bits per heavy atom. The van der Waals surface area contributed by atoms with Gasteiger partial charge in [-0.15, -0.1) is 11.3 Å². The van der Waals surface area contributed by atoms with E-state index in [0.717, 1.165) is 17.0 Å². The number of nitrogens with one attached hydrogen (secondary N) is 2. The monoisotopic (exact) mass is 436 g/mol. The zero-order valence-corrected chi connectivity index (χ0v) is 14.3. The van der Waals surface area contributed by atoms with Gasteiger partial charge in [0.2, 0.25) is 5.91 Å². The number of rotatable bonds is 4. The molecule has 0 aliphatic carbocycles. The molecule has 0 bridgehead atoms. The van der Waals surface area contributed by atoms with Gasteiger partial charge < -0.3 is 10.6 Å².